The number of fused-ring (bicyclic) bond motifs is 1. The summed E-state index contributed by atoms with van der Waals surface area (Å²) in [5.74, 6) is 0. The molecular weight excluding hydrogens is 160 g/mol. The van der Waals surface area contributed by atoms with Crippen molar-refractivity contribution in [2.75, 3.05) is 17.6 Å². The number of hydrogen-bond donors (Lipinski definition) is 2. The smallest absolute Gasteiger partial charge is 0.0742 e. The quantitative estimate of drug-likeness (QED) is 0.581. The summed E-state index contributed by atoms with van der Waals surface area (Å²) in [5.41, 5.74) is 8.72. The van der Waals surface area contributed by atoms with Crippen molar-refractivity contribution in [1.29, 1.82) is 0 Å². The van der Waals surface area contributed by atoms with Gasteiger partial charge in [0.2, 0.25) is 0 Å². The van der Waals surface area contributed by atoms with Crippen LogP contribution in [0.3, 0.4) is 0 Å². The third-order valence-corrected chi connectivity index (χ3v) is 2.30. The Morgan fingerprint density at radius 1 is 1.45 bits per heavy atom. The largest absolute Gasteiger partial charge is 0.396 e. The van der Waals surface area contributed by atoms with Gasteiger partial charge in [-0.3, -0.25) is 0 Å². The summed E-state index contributed by atoms with van der Waals surface area (Å²) in [7, 11) is 0. The van der Waals surface area contributed by atoms with E-state index in [0.29, 0.717) is 10.7 Å². The Balaban J connectivity index is 2.62. The average Bonchev–Trinajstić information content (AvgIpc) is 2.45. The van der Waals surface area contributed by atoms with E-state index < -0.39 is 0 Å². The van der Waals surface area contributed by atoms with Crippen LogP contribution in [0.4, 0.5) is 11.4 Å². The Morgan fingerprint density at radius 2 is 2.27 bits per heavy atom. The van der Waals surface area contributed by atoms with Crippen molar-refractivity contribution in [3.05, 3.63) is 22.7 Å². The molecule has 2 rings (SSSR count). The molecule has 11 heavy (non-hydrogen) atoms. The van der Waals surface area contributed by atoms with Crippen LogP contribution in [-0.4, -0.2) is 6.54 Å². The minimum absolute atomic E-state index is 0.637. The van der Waals surface area contributed by atoms with Crippen molar-refractivity contribution in [2.24, 2.45) is 0 Å². The highest BCUT2D eigenvalue weighted by atomic mass is 35.5. The number of nitrogens with two attached hydrogens (primary N) is 1. The molecule has 1 aromatic carbocycles. The monoisotopic (exact) mass is 168 g/mol. The van der Waals surface area contributed by atoms with E-state index in [2.05, 4.69) is 5.32 Å². The predicted molar refractivity (Wildman–Crippen MR) is 48.1 cm³/mol. The second kappa shape index (κ2) is 2.31. The molecule has 58 valence electrons. The maximum absolute atomic E-state index is 5.83. The molecule has 1 heterocycles. The van der Waals surface area contributed by atoms with Gasteiger partial charge in [-0.05, 0) is 18.1 Å². The molecule has 1 aliphatic heterocycles. The predicted octanol–water partition coefficient (Wildman–Crippen LogP) is 1.89. The Morgan fingerprint density at radius 3 is 3.09 bits per heavy atom. The number of anilines is 2. The van der Waals surface area contributed by atoms with E-state index in [4.69, 9.17) is 17.3 Å². The van der Waals surface area contributed by atoms with Gasteiger partial charge in [0.05, 0.1) is 16.4 Å². The minimum atomic E-state index is 0.637. The Labute approximate surface area is 70.3 Å². The zero-order chi connectivity index (χ0) is 7.84. The van der Waals surface area contributed by atoms with Gasteiger partial charge in [-0.1, -0.05) is 17.7 Å². The summed E-state index contributed by atoms with van der Waals surface area (Å²) in [6.07, 6.45) is 1.05. The van der Waals surface area contributed by atoms with Crippen molar-refractivity contribution < 1.29 is 0 Å². The molecule has 1 aromatic rings. The zero-order valence-electron chi connectivity index (χ0n) is 6.02. The van der Waals surface area contributed by atoms with Crippen LogP contribution in [0.15, 0.2) is 12.1 Å². The molecule has 0 aliphatic carbocycles. The zero-order valence-corrected chi connectivity index (χ0v) is 6.78. The third-order valence-electron chi connectivity index (χ3n) is 1.97. The molecule has 0 unspecified atom stereocenters. The van der Waals surface area contributed by atoms with E-state index in [9.17, 15) is 0 Å². The van der Waals surface area contributed by atoms with Crippen LogP contribution < -0.4 is 11.1 Å². The lowest BCUT2D eigenvalue weighted by atomic mass is 10.1. The fourth-order valence-corrected chi connectivity index (χ4v) is 1.54. The SMILES string of the molecule is Nc1c(Cl)ccc2c1NCC2. The summed E-state index contributed by atoms with van der Waals surface area (Å²) < 4.78 is 0. The molecule has 0 radical (unpaired) electrons. The number of halogens is 1. The van der Waals surface area contributed by atoms with Gasteiger partial charge in [0, 0.05) is 6.54 Å². The van der Waals surface area contributed by atoms with Gasteiger partial charge >= 0.3 is 0 Å². The van der Waals surface area contributed by atoms with Crippen molar-refractivity contribution in [3.63, 3.8) is 0 Å². The van der Waals surface area contributed by atoms with Crippen LogP contribution in [0.2, 0.25) is 5.02 Å². The number of hydrogen-bond acceptors (Lipinski definition) is 2. The molecule has 0 amide bonds. The number of benzene rings is 1. The van der Waals surface area contributed by atoms with Crippen LogP contribution in [0.5, 0.6) is 0 Å². The maximum Gasteiger partial charge on any atom is 0.0742 e. The molecule has 2 nitrogen and oxygen atoms in total. The molecule has 3 heteroatoms. The van der Waals surface area contributed by atoms with Gasteiger partial charge in [0.1, 0.15) is 0 Å². The first-order chi connectivity index (χ1) is 5.29. The van der Waals surface area contributed by atoms with Crippen LogP contribution in [0.1, 0.15) is 5.56 Å². The molecule has 0 spiro atoms. The molecule has 0 aromatic heterocycles. The number of nitrogens with one attached hydrogen (secondary N) is 1. The molecule has 1 aliphatic rings. The van der Waals surface area contributed by atoms with E-state index in [1.807, 2.05) is 12.1 Å². The highest BCUT2D eigenvalue weighted by Crippen LogP contribution is 2.33. The summed E-state index contributed by atoms with van der Waals surface area (Å²) in [5, 5.41) is 3.84. The van der Waals surface area contributed by atoms with E-state index in [1.165, 1.54) is 5.56 Å². The summed E-state index contributed by atoms with van der Waals surface area (Å²) in [6, 6.07) is 3.87. The Bertz CT molecular complexity index is 296. The molecule has 0 bridgehead atoms. The molecule has 3 N–H and O–H groups in total. The highest BCUT2D eigenvalue weighted by molar-refractivity contribution is 6.33. The summed E-state index contributed by atoms with van der Waals surface area (Å²) in [6.45, 7) is 0.972. The third kappa shape index (κ3) is 0.942. The lowest BCUT2D eigenvalue weighted by Crippen LogP contribution is -1.96. The van der Waals surface area contributed by atoms with Crippen molar-refractivity contribution in [1.82, 2.24) is 0 Å². The summed E-state index contributed by atoms with van der Waals surface area (Å²) in [4.78, 5) is 0. The topological polar surface area (TPSA) is 38.0 Å². The van der Waals surface area contributed by atoms with Crippen LogP contribution in [0, 0.1) is 0 Å². The fraction of sp³-hybridized carbons (Fsp3) is 0.250. The van der Waals surface area contributed by atoms with Gasteiger partial charge in [-0.15, -0.1) is 0 Å². The molecular formula is C8H9ClN2. The van der Waals surface area contributed by atoms with Crippen molar-refractivity contribution in [3.8, 4) is 0 Å². The molecule has 0 atom stereocenters. The second-order valence-electron chi connectivity index (χ2n) is 2.67. The minimum Gasteiger partial charge on any atom is -0.396 e. The first-order valence-corrected chi connectivity index (χ1v) is 3.97. The molecule has 0 saturated carbocycles. The lowest BCUT2D eigenvalue weighted by molar-refractivity contribution is 1.11. The van der Waals surface area contributed by atoms with Gasteiger partial charge in [-0.25, -0.2) is 0 Å². The second-order valence-corrected chi connectivity index (χ2v) is 3.08. The van der Waals surface area contributed by atoms with Gasteiger partial charge < -0.3 is 11.1 Å². The standard InChI is InChI=1S/C8H9ClN2/c9-6-2-1-5-3-4-11-8(5)7(6)10/h1-2,11H,3-4,10H2. The van der Waals surface area contributed by atoms with Crippen molar-refractivity contribution >= 4 is 23.0 Å². The van der Waals surface area contributed by atoms with E-state index in [0.717, 1.165) is 18.7 Å². The summed E-state index contributed by atoms with van der Waals surface area (Å²) >= 11 is 5.83. The van der Waals surface area contributed by atoms with Gasteiger partial charge in [0.25, 0.3) is 0 Å². The van der Waals surface area contributed by atoms with Crippen LogP contribution >= 0.6 is 11.6 Å². The first kappa shape index (κ1) is 6.80. The Kier molecular flexibility index (Phi) is 1.43. The maximum atomic E-state index is 5.83. The fourth-order valence-electron chi connectivity index (χ4n) is 1.38. The van der Waals surface area contributed by atoms with Crippen molar-refractivity contribution in [2.45, 2.75) is 6.42 Å². The van der Waals surface area contributed by atoms with Crippen LogP contribution in [-0.2, 0) is 6.42 Å². The normalized spacial score (nSPS) is 14.3. The average molecular weight is 169 g/mol. The molecule has 0 fully saturated rings. The van der Waals surface area contributed by atoms with E-state index >= 15 is 0 Å². The lowest BCUT2D eigenvalue weighted by Gasteiger charge is -2.04. The van der Waals surface area contributed by atoms with E-state index in [1.54, 1.807) is 0 Å². The number of rotatable bonds is 0. The van der Waals surface area contributed by atoms with Crippen LogP contribution in [0.25, 0.3) is 0 Å². The van der Waals surface area contributed by atoms with Gasteiger partial charge in [0.15, 0.2) is 0 Å². The van der Waals surface area contributed by atoms with Gasteiger partial charge in [-0.2, -0.15) is 0 Å². The Hall–Kier alpha value is -0.890. The highest BCUT2D eigenvalue weighted by Gasteiger charge is 2.13. The number of nitrogen functional groups attached to an aromatic ring is 1. The van der Waals surface area contributed by atoms with E-state index in [-0.39, 0.29) is 0 Å². The first-order valence-electron chi connectivity index (χ1n) is 3.60. The molecule has 0 saturated heterocycles.